The van der Waals surface area contributed by atoms with Crippen LogP contribution in [0.4, 0.5) is 4.79 Å². The van der Waals surface area contributed by atoms with Crippen molar-refractivity contribution in [2.24, 2.45) is 0 Å². The Morgan fingerprint density at radius 2 is 1.81 bits per heavy atom. The zero-order valence-corrected chi connectivity index (χ0v) is 15.2. The van der Waals surface area contributed by atoms with Gasteiger partial charge in [-0.05, 0) is 54.7 Å². The molecule has 1 fully saturated rings. The number of carbonyl (C=O) groups excluding carboxylic acids is 2. The summed E-state index contributed by atoms with van der Waals surface area (Å²) in [5, 5.41) is 2.95. The van der Waals surface area contributed by atoms with Gasteiger partial charge in [-0.25, -0.2) is 4.79 Å². The second kappa shape index (κ2) is 6.95. The maximum atomic E-state index is 13.2. The van der Waals surface area contributed by atoms with Crippen molar-refractivity contribution in [1.29, 1.82) is 0 Å². The van der Waals surface area contributed by atoms with Gasteiger partial charge >= 0.3 is 6.03 Å². The minimum absolute atomic E-state index is 0.182. The molecule has 1 aliphatic heterocycles. The minimum Gasteiger partial charge on any atom is -0.497 e. The number of aryl methyl sites for hydroxylation is 1. The van der Waals surface area contributed by atoms with Crippen LogP contribution in [0.2, 0.25) is 0 Å². The molecule has 1 atom stereocenters. The molecule has 0 radical (unpaired) electrons. The second-order valence-corrected chi connectivity index (χ2v) is 6.83. The van der Waals surface area contributed by atoms with E-state index in [-0.39, 0.29) is 25.1 Å². The first kappa shape index (κ1) is 17.4. The fraction of sp³-hybridized carbons (Fsp3) is 0.333. The molecule has 1 saturated heterocycles. The maximum absolute atomic E-state index is 13.2. The SMILES string of the molecule is COc1ccc(OCCN2C(=O)N[C@@]3(CCCc4ccccc43)C2=O)cc1. The summed E-state index contributed by atoms with van der Waals surface area (Å²) in [6, 6.07) is 14.7. The molecule has 140 valence electrons. The van der Waals surface area contributed by atoms with Crippen molar-refractivity contribution in [3.63, 3.8) is 0 Å². The summed E-state index contributed by atoms with van der Waals surface area (Å²) in [6.45, 7) is 0.448. The van der Waals surface area contributed by atoms with E-state index in [2.05, 4.69) is 5.32 Å². The summed E-state index contributed by atoms with van der Waals surface area (Å²) in [4.78, 5) is 26.9. The lowest BCUT2D eigenvalue weighted by Gasteiger charge is -2.33. The zero-order valence-electron chi connectivity index (χ0n) is 15.2. The van der Waals surface area contributed by atoms with Gasteiger partial charge in [-0.1, -0.05) is 24.3 Å². The predicted molar refractivity (Wildman–Crippen MR) is 99.8 cm³/mol. The summed E-state index contributed by atoms with van der Waals surface area (Å²) < 4.78 is 10.8. The van der Waals surface area contributed by atoms with E-state index in [4.69, 9.17) is 9.47 Å². The third-order valence-corrected chi connectivity index (χ3v) is 5.29. The van der Waals surface area contributed by atoms with Crippen molar-refractivity contribution >= 4 is 11.9 Å². The van der Waals surface area contributed by atoms with Crippen LogP contribution in [-0.4, -0.2) is 37.1 Å². The molecule has 6 heteroatoms. The molecule has 1 N–H and O–H groups in total. The predicted octanol–water partition coefficient (Wildman–Crippen LogP) is 2.86. The lowest BCUT2D eigenvalue weighted by atomic mass is 9.76. The van der Waals surface area contributed by atoms with E-state index < -0.39 is 5.54 Å². The number of hydrogen-bond donors (Lipinski definition) is 1. The number of hydrogen-bond acceptors (Lipinski definition) is 4. The van der Waals surface area contributed by atoms with Gasteiger partial charge in [0.15, 0.2) is 0 Å². The lowest BCUT2D eigenvalue weighted by Crippen LogP contribution is -2.46. The third kappa shape index (κ3) is 3.01. The number of ether oxygens (including phenoxy) is 2. The molecule has 0 aromatic heterocycles. The average molecular weight is 366 g/mol. The Labute approximate surface area is 158 Å². The first-order valence-electron chi connectivity index (χ1n) is 9.13. The van der Waals surface area contributed by atoms with Crippen LogP contribution in [-0.2, 0) is 16.8 Å². The molecule has 6 nitrogen and oxygen atoms in total. The highest BCUT2D eigenvalue weighted by atomic mass is 16.5. The van der Waals surface area contributed by atoms with E-state index in [1.807, 2.05) is 24.3 Å². The van der Waals surface area contributed by atoms with Gasteiger partial charge in [0.2, 0.25) is 0 Å². The number of nitrogens with zero attached hydrogens (tertiary/aromatic N) is 1. The average Bonchev–Trinajstić information content (AvgIpc) is 2.93. The summed E-state index contributed by atoms with van der Waals surface area (Å²) in [7, 11) is 1.60. The van der Waals surface area contributed by atoms with Gasteiger partial charge in [0, 0.05) is 0 Å². The quantitative estimate of drug-likeness (QED) is 0.827. The molecule has 1 spiro atoms. The van der Waals surface area contributed by atoms with Gasteiger partial charge in [0.1, 0.15) is 23.6 Å². The molecule has 2 aromatic rings. The van der Waals surface area contributed by atoms with Gasteiger partial charge in [0.25, 0.3) is 5.91 Å². The van der Waals surface area contributed by atoms with Crippen molar-refractivity contribution in [3.8, 4) is 11.5 Å². The van der Waals surface area contributed by atoms with Gasteiger partial charge < -0.3 is 14.8 Å². The molecular weight excluding hydrogens is 344 g/mol. The van der Waals surface area contributed by atoms with E-state index in [9.17, 15) is 9.59 Å². The minimum atomic E-state index is -0.925. The fourth-order valence-electron chi connectivity index (χ4n) is 3.94. The van der Waals surface area contributed by atoms with Crippen molar-refractivity contribution in [1.82, 2.24) is 10.2 Å². The number of imide groups is 1. The van der Waals surface area contributed by atoms with E-state index in [1.54, 1.807) is 31.4 Å². The molecule has 0 unspecified atom stereocenters. The molecule has 4 rings (SSSR count). The van der Waals surface area contributed by atoms with E-state index in [0.717, 1.165) is 29.7 Å². The summed E-state index contributed by atoms with van der Waals surface area (Å²) in [5.41, 5.74) is 1.13. The summed E-state index contributed by atoms with van der Waals surface area (Å²) in [5.74, 6) is 1.23. The highest BCUT2D eigenvalue weighted by Crippen LogP contribution is 2.39. The number of benzene rings is 2. The second-order valence-electron chi connectivity index (χ2n) is 6.83. The number of methoxy groups -OCH3 is 1. The molecule has 0 bridgehead atoms. The molecule has 0 saturated carbocycles. The van der Waals surface area contributed by atoms with Crippen LogP contribution in [0.1, 0.15) is 24.0 Å². The van der Waals surface area contributed by atoms with E-state index >= 15 is 0 Å². The Balaban J connectivity index is 1.46. The van der Waals surface area contributed by atoms with E-state index in [0.29, 0.717) is 12.2 Å². The van der Waals surface area contributed by atoms with Crippen LogP contribution in [0, 0.1) is 0 Å². The molecule has 1 heterocycles. The Hall–Kier alpha value is -3.02. The molecule has 2 aliphatic rings. The van der Waals surface area contributed by atoms with Crippen LogP contribution in [0.3, 0.4) is 0 Å². The topological polar surface area (TPSA) is 67.9 Å². The first-order valence-corrected chi connectivity index (χ1v) is 9.13. The zero-order chi connectivity index (χ0) is 18.9. The lowest BCUT2D eigenvalue weighted by molar-refractivity contribution is -0.132. The normalized spacial score (nSPS) is 21.1. The monoisotopic (exact) mass is 366 g/mol. The van der Waals surface area contributed by atoms with E-state index in [1.165, 1.54) is 4.90 Å². The fourth-order valence-corrected chi connectivity index (χ4v) is 3.94. The number of amides is 3. The van der Waals surface area contributed by atoms with Crippen LogP contribution in [0.5, 0.6) is 11.5 Å². The highest BCUT2D eigenvalue weighted by Gasteiger charge is 2.53. The standard InChI is InChI=1S/C21H22N2O4/c1-26-16-8-10-17(11-9-16)27-14-13-23-19(24)21(22-20(23)25)12-4-6-15-5-2-3-7-18(15)21/h2-3,5,7-11H,4,6,12-14H2,1H3,(H,22,25)/t21-/m1/s1. The Kier molecular flexibility index (Phi) is 4.48. The van der Waals surface area contributed by atoms with Crippen molar-refractivity contribution in [2.45, 2.75) is 24.8 Å². The van der Waals surface area contributed by atoms with Gasteiger partial charge in [-0.15, -0.1) is 0 Å². The van der Waals surface area contributed by atoms with Crippen LogP contribution >= 0.6 is 0 Å². The number of fused-ring (bicyclic) bond motifs is 2. The maximum Gasteiger partial charge on any atom is 0.325 e. The Morgan fingerprint density at radius 3 is 2.59 bits per heavy atom. The van der Waals surface area contributed by atoms with Crippen molar-refractivity contribution in [2.75, 3.05) is 20.3 Å². The van der Waals surface area contributed by atoms with Crippen LogP contribution in [0.15, 0.2) is 48.5 Å². The first-order chi connectivity index (χ1) is 13.1. The van der Waals surface area contributed by atoms with Crippen LogP contribution < -0.4 is 14.8 Å². The van der Waals surface area contributed by atoms with Gasteiger partial charge in [0.05, 0.1) is 13.7 Å². The largest absolute Gasteiger partial charge is 0.497 e. The molecule has 27 heavy (non-hydrogen) atoms. The third-order valence-electron chi connectivity index (χ3n) is 5.29. The number of urea groups is 1. The van der Waals surface area contributed by atoms with Crippen molar-refractivity contribution < 1.29 is 19.1 Å². The molecule has 1 aliphatic carbocycles. The van der Waals surface area contributed by atoms with Gasteiger partial charge in [-0.2, -0.15) is 0 Å². The number of nitrogens with one attached hydrogen (secondary N) is 1. The number of rotatable bonds is 5. The molecular formula is C21H22N2O4. The summed E-state index contributed by atoms with van der Waals surface area (Å²) in [6.07, 6.45) is 2.44. The number of carbonyl (C=O) groups is 2. The molecule has 3 amide bonds. The van der Waals surface area contributed by atoms with Crippen molar-refractivity contribution in [3.05, 3.63) is 59.7 Å². The highest BCUT2D eigenvalue weighted by molar-refractivity contribution is 6.07. The Morgan fingerprint density at radius 1 is 1.07 bits per heavy atom. The molecule has 2 aromatic carbocycles. The van der Waals surface area contributed by atoms with Gasteiger partial charge in [-0.3, -0.25) is 9.69 Å². The van der Waals surface area contributed by atoms with Crippen LogP contribution in [0.25, 0.3) is 0 Å². The Bertz CT molecular complexity index is 865. The smallest absolute Gasteiger partial charge is 0.325 e. The summed E-state index contributed by atoms with van der Waals surface area (Å²) >= 11 is 0.